The maximum atomic E-state index is 2.38. The lowest BCUT2D eigenvalue weighted by molar-refractivity contribution is 0.260. The third-order valence-corrected chi connectivity index (χ3v) is 4.36. The van der Waals surface area contributed by atoms with Crippen LogP contribution in [0.4, 0.5) is 0 Å². The van der Waals surface area contributed by atoms with Crippen LogP contribution in [-0.4, -0.2) is 0 Å². The smallest absolute Gasteiger partial charge is 0.0357 e. The van der Waals surface area contributed by atoms with Crippen LogP contribution in [0, 0.1) is 23.7 Å². The van der Waals surface area contributed by atoms with Crippen LogP contribution in [-0.2, 0) is 0 Å². The zero-order valence-electron chi connectivity index (χ0n) is 9.84. The van der Waals surface area contributed by atoms with Crippen molar-refractivity contribution in [1.82, 2.24) is 0 Å². The third kappa shape index (κ3) is 2.08. The van der Waals surface area contributed by atoms with Crippen LogP contribution < -0.4 is 0 Å². The van der Waals surface area contributed by atoms with Gasteiger partial charge in [0.05, 0.1) is 0 Å². The molecule has 1 saturated carbocycles. The first-order valence-electron chi connectivity index (χ1n) is 6.28. The maximum absolute atomic E-state index is 2.38. The van der Waals surface area contributed by atoms with E-state index in [0.29, 0.717) is 0 Å². The molecule has 1 rings (SSSR count). The molecule has 0 heterocycles. The zero-order chi connectivity index (χ0) is 9.84. The summed E-state index contributed by atoms with van der Waals surface area (Å²) >= 11 is 0. The molecule has 0 saturated heterocycles. The summed E-state index contributed by atoms with van der Waals surface area (Å²) in [5, 5.41) is 0. The van der Waals surface area contributed by atoms with Crippen molar-refractivity contribution in [3.63, 3.8) is 0 Å². The molecule has 4 atom stereocenters. The summed E-state index contributed by atoms with van der Waals surface area (Å²) in [6.07, 6.45) is 7.15. The van der Waals surface area contributed by atoms with Gasteiger partial charge in [-0.25, -0.2) is 0 Å². The maximum Gasteiger partial charge on any atom is -0.0357 e. The lowest BCUT2D eigenvalue weighted by atomic mass is 9.82. The second-order valence-electron chi connectivity index (χ2n) is 4.72. The van der Waals surface area contributed by atoms with Crippen LogP contribution >= 0.6 is 0 Å². The van der Waals surface area contributed by atoms with Crippen LogP contribution in [0.15, 0.2) is 0 Å². The van der Waals surface area contributed by atoms with Gasteiger partial charge < -0.3 is 0 Å². The van der Waals surface area contributed by atoms with Gasteiger partial charge in [-0.05, 0) is 30.1 Å². The summed E-state index contributed by atoms with van der Waals surface area (Å²) in [7, 11) is 0. The SMILES string of the molecule is CCC1CC(CC)C(CC)C1CC. The predicted molar refractivity (Wildman–Crippen MR) is 59.7 cm³/mol. The molecule has 1 aliphatic carbocycles. The van der Waals surface area contributed by atoms with Gasteiger partial charge in [0, 0.05) is 0 Å². The molecule has 0 aliphatic heterocycles. The average molecular weight is 182 g/mol. The summed E-state index contributed by atoms with van der Waals surface area (Å²) < 4.78 is 0. The average Bonchev–Trinajstić information content (AvgIpc) is 2.54. The van der Waals surface area contributed by atoms with Crippen LogP contribution in [0.5, 0.6) is 0 Å². The van der Waals surface area contributed by atoms with Gasteiger partial charge in [-0.1, -0.05) is 53.4 Å². The van der Waals surface area contributed by atoms with E-state index in [1.165, 1.54) is 32.1 Å². The van der Waals surface area contributed by atoms with Crippen molar-refractivity contribution < 1.29 is 0 Å². The fourth-order valence-corrected chi connectivity index (χ4v) is 3.65. The first-order chi connectivity index (χ1) is 6.28. The van der Waals surface area contributed by atoms with Gasteiger partial charge in [0.15, 0.2) is 0 Å². The molecule has 0 heteroatoms. The Kier molecular flexibility index (Phi) is 4.28. The fraction of sp³-hybridized carbons (Fsp3) is 1.00. The van der Waals surface area contributed by atoms with E-state index in [1.54, 1.807) is 0 Å². The summed E-state index contributed by atoms with van der Waals surface area (Å²) in [4.78, 5) is 0. The van der Waals surface area contributed by atoms with Crippen molar-refractivity contribution in [2.45, 2.75) is 59.8 Å². The molecule has 0 bridgehead atoms. The molecule has 0 aromatic carbocycles. The normalized spacial score (nSPS) is 39.7. The van der Waals surface area contributed by atoms with E-state index in [1.807, 2.05) is 0 Å². The molecule has 0 aromatic heterocycles. The van der Waals surface area contributed by atoms with Crippen molar-refractivity contribution in [2.24, 2.45) is 23.7 Å². The molecule has 0 nitrogen and oxygen atoms in total. The Bertz CT molecular complexity index is 123. The van der Waals surface area contributed by atoms with Crippen LogP contribution in [0.3, 0.4) is 0 Å². The van der Waals surface area contributed by atoms with Crippen LogP contribution in [0.1, 0.15) is 59.8 Å². The molecule has 1 fully saturated rings. The monoisotopic (exact) mass is 182 g/mol. The Morgan fingerprint density at radius 1 is 0.692 bits per heavy atom. The Balaban J connectivity index is 2.65. The van der Waals surface area contributed by atoms with Crippen molar-refractivity contribution in [1.29, 1.82) is 0 Å². The second-order valence-corrected chi connectivity index (χ2v) is 4.72. The van der Waals surface area contributed by atoms with E-state index < -0.39 is 0 Å². The standard InChI is InChI=1S/C13H26/c1-5-10-9-11(6-2)13(8-4)12(10)7-3/h10-13H,5-9H2,1-4H3. The lowest BCUT2D eigenvalue weighted by Gasteiger charge is -2.23. The zero-order valence-corrected chi connectivity index (χ0v) is 9.84. The quantitative estimate of drug-likeness (QED) is 0.600. The van der Waals surface area contributed by atoms with Gasteiger partial charge in [0.2, 0.25) is 0 Å². The number of rotatable bonds is 4. The van der Waals surface area contributed by atoms with Crippen molar-refractivity contribution in [3.8, 4) is 0 Å². The molecule has 0 N–H and O–H groups in total. The number of hydrogen-bond acceptors (Lipinski definition) is 0. The molecule has 0 aromatic rings. The summed E-state index contributed by atoms with van der Waals surface area (Å²) in [6, 6.07) is 0. The van der Waals surface area contributed by atoms with E-state index in [0.717, 1.165) is 23.7 Å². The Morgan fingerprint density at radius 2 is 1.08 bits per heavy atom. The molecule has 78 valence electrons. The van der Waals surface area contributed by atoms with Gasteiger partial charge in [0.1, 0.15) is 0 Å². The first-order valence-corrected chi connectivity index (χ1v) is 6.28. The van der Waals surface area contributed by atoms with Crippen LogP contribution in [0.25, 0.3) is 0 Å². The van der Waals surface area contributed by atoms with Crippen LogP contribution in [0.2, 0.25) is 0 Å². The highest BCUT2D eigenvalue weighted by Gasteiger charge is 2.38. The van der Waals surface area contributed by atoms with Gasteiger partial charge in [-0.2, -0.15) is 0 Å². The summed E-state index contributed by atoms with van der Waals surface area (Å²) in [6.45, 7) is 9.51. The molecule has 0 spiro atoms. The van der Waals surface area contributed by atoms with E-state index in [9.17, 15) is 0 Å². The molecule has 13 heavy (non-hydrogen) atoms. The molecule has 1 aliphatic rings. The van der Waals surface area contributed by atoms with E-state index in [4.69, 9.17) is 0 Å². The summed E-state index contributed by atoms with van der Waals surface area (Å²) in [5.74, 6) is 4.17. The fourth-order valence-electron chi connectivity index (χ4n) is 3.65. The highest BCUT2D eigenvalue weighted by molar-refractivity contribution is 4.88. The van der Waals surface area contributed by atoms with Gasteiger partial charge in [-0.3, -0.25) is 0 Å². The minimum atomic E-state index is 1.04. The van der Waals surface area contributed by atoms with E-state index >= 15 is 0 Å². The highest BCUT2D eigenvalue weighted by atomic mass is 14.4. The summed E-state index contributed by atoms with van der Waals surface area (Å²) in [5.41, 5.74) is 0. The molecule has 0 radical (unpaired) electrons. The molecular formula is C13H26. The number of hydrogen-bond donors (Lipinski definition) is 0. The first kappa shape index (κ1) is 11.1. The lowest BCUT2D eigenvalue weighted by Crippen LogP contribution is -2.15. The van der Waals surface area contributed by atoms with Gasteiger partial charge >= 0.3 is 0 Å². The largest absolute Gasteiger partial charge is 0.0651 e. The van der Waals surface area contributed by atoms with Crippen molar-refractivity contribution in [2.75, 3.05) is 0 Å². The minimum Gasteiger partial charge on any atom is -0.0651 e. The van der Waals surface area contributed by atoms with Gasteiger partial charge in [0.25, 0.3) is 0 Å². The third-order valence-electron chi connectivity index (χ3n) is 4.36. The molecular weight excluding hydrogens is 156 g/mol. The van der Waals surface area contributed by atoms with Crippen molar-refractivity contribution in [3.05, 3.63) is 0 Å². The Hall–Kier alpha value is 0. The topological polar surface area (TPSA) is 0 Å². The predicted octanol–water partition coefficient (Wildman–Crippen LogP) is 4.49. The molecule has 4 unspecified atom stereocenters. The van der Waals surface area contributed by atoms with Crippen molar-refractivity contribution >= 4 is 0 Å². The Morgan fingerprint density at radius 3 is 1.31 bits per heavy atom. The van der Waals surface area contributed by atoms with E-state index in [-0.39, 0.29) is 0 Å². The molecule has 0 amide bonds. The highest BCUT2D eigenvalue weighted by Crippen LogP contribution is 2.47. The Labute approximate surface area is 84.1 Å². The van der Waals surface area contributed by atoms with Gasteiger partial charge in [-0.15, -0.1) is 0 Å². The minimum absolute atomic E-state index is 1.04. The second kappa shape index (κ2) is 5.02. The van der Waals surface area contributed by atoms with E-state index in [2.05, 4.69) is 27.7 Å².